The summed E-state index contributed by atoms with van der Waals surface area (Å²) in [5.74, 6) is 0.942. The van der Waals surface area contributed by atoms with E-state index in [0.29, 0.717) is 51.9 Å². The van der Waals surface area contributed by atoms with Crippen LogP contribution in [0.15, 0.2) is 24.0 Å². The summed E-state index contributed by atoms with van der Waals surface area (Å²) in [6, 6.07) is 0.277. The van der Waals surface area contributed by atoms with E-state index in [9.17, 15) is 25.9 Å². The van der Waals surface area contributed by atoms with Crippen LogP contribution in [0, 0.1) is 0 Å². The lowest BCUT2D eigenvalue weighted by molar-refractivity contribution is -0.561. The van der Waals surface area contributed by atoms with Crippen LogP contribution in [0.3, 0.4) is 0 Å². The van der Waals surface area contributed by atoms with Gasteiger partial charge >= 0.3 is 0 Å². The van der Waals surface area contributed by atoms with Crippen molar-refractivity contribution >= 4 is 72.5 Å². The van der Waals surface area contributed by atoms with Gasteiger partial charge in [-0.1, -0.05) is 6.08 Å². The number of rotatable bonds is 12. The SMILES string of the molecule is CCN1C(=CC=CC2=[N+](CCCS(=O)(=O)[O-])C3CC(Cl)C(Cl)CC3N2CC)N(CCCS(=O)(=O)[O-])C2CC(Cl)C(Cl)CC21. The van der Waals surface area contributed by atoms with Crippen LogP contribution in [0.1, 0.15) is 52.4 Å². The number of allylic oxidation sites excluding steroid dienone is 2. The fraction of sp³-hybridized carbons (Fsp3) is 0.815. The van der Waals surface area contributed by atoms with Gasteiger partial charge in [0.25, 0.3) is 5.84 Å². The molecule has 2 aliphatic carbocycles. The zero-order valence-electron chi connectivity index (χ0n) is 24.4. The summed E-state index contributed by atoms with van der Waals surface area (Å²) in [5, 5.41) is -0.815. The van der Waals surface area contributed by atoms with E-state index in [1.165, 1.54) is 0 Å². The van der Waals surface area contributed by atoms with Gasteiger partial charge in [-0.3, -0.25) is 9.48 Å². The van der Waals surface area contributed by atoms with Crippen LogP contribution in [0.4, 0.5) is 0 Å². The molecule has 0 aromatic rings. The van der Waals surface area contributed by atoms with Gasteiger partial charge in [-0.05, 0) is 45.6 Å². The van der Waals surface area contributed by atoms with Gasteiger partial charge in [-0.2, -0.15) is 0 Å². The maximum atomic E-state index is 11.3. The first-order valence-electron chi connectivity index (χ1n) is 14.9. The zero-order valence-corrected chi connectivity index (χ0v) is 29.1. The van der Waals surface area contributed by atoms with E-state index in [4.69, 9.17) is 46.4 Å². The van der Waals surface area contributed by atoms with Crippen molar-refractivity contribution in [1.82, 2.24) is 14.7 Å². The summed E-state index contributed by atoms with van der Waals surface area (Å²) < 4.78 is 70.2. The molecule has 0 aromatic heterocycles. The minimum atomic E-state index is -4.34. The van der Waals surface area contributed by atoms with Crippen LogP contribution < -0.4 is 0 Å². The van der Waals surface area contributed by atoms with Crippen LogP contribution in [0.5, 0.6) is 0 Å². The first kappa shape index (κ1) is 35.4. The molecule has 2 heterocycles. The Morgan fingerprint density at radius 2 is 1.28 bits per heavy atom. The smallest absolute Gasteiger partial charge is 0.272 e. The number of likely N-dealkylation sites (N-methyl/N-ethyl adjacent to an activating group) is 2. The highest BCUT2D eigenvalue weighted by atomic mass is 35.5. The molecule has 0 bridgehead atoms. The van der Waals surface area contributed by atoms with Gasteiger partial charge in [0.05, 0.1) is 66.9 Å². The predicted octanol–water partition coefficient (Wildman–Crippen LogP) is 3.13. The van der Waals surface area contributed by atoms with Crippen molar-refractivity contribution in [3.63, 3.8) is 0 Å². The highest BCUT2D eigenvalue weighted by Gasteiger charge is 2.51. The van der Waals surface area contributed by atoms with Crippen LogP contribution >= 0.6 is 46.4 Å². The van der Waals surface area contributed by atoms with Crippen LogP contribution in [-0.2, 0) is 20.2 Å². The molecule has 4 rings (SSSR count). The number of amidine groups is 1. The first-order valence-corrected chi connectivity index (χ1v) is 19.8. The minimum absolute atomic E-state index is 0.0347. The van der Waals surface area contributed by atoms with Gasteiger partial charge in [0, 0.05) is 43.5 Å². The number of nitrogens with zero attached hydrogens (tertiary/aromatic N) is 4. The third-order valence-corrected chi connectivity index (χ3v) is 12.8. The second kappa shape index (κ2) is 14.5. The fourth-order valence-corrected chi connectivity index (χ4v) is 9.38. The van der Waals surface area contributed by atoms with Crippen molar-refractivity contribution in [3.05, 3.63) is 24.0 Å². The summed E-state index contributed by atoms with van der Waals surface area (Å²) in [5.41, 5.74) is 0. The second-order valence-corrected chi connectivity index (χ2v) is 17.0. The number of fused-ring (bicyclic) bond motifs is 2. The molecule has 8 atom stereocenters. The monoisotopic (exact) mass is 721 g/mol. The molecule has 3 fully saturated rings. The Hall–Kier alpha value is -0.470. The van der Waals surface area contributed by atoms with Crippen molar-refractivity contribution in [1.29, 1.82) is 0 Å². The Balaban J connectivity index is 1.67. The van der Waals surface area contributed by atoms with Crippen LogP contribution in [0.25, 0.3) is 0 Å². The lowest BCUT2D eigenvalue weighted by Crippen LogP contribution is -2.48. The third kappa shape index (κ3) is 8.47. The van der Waals surface area contributed by atoms with Crippen LogP contribution in [0.2, 0.25) is 0 Å². The van der Waals surface area contributed by atoms with E-state index < -0.39 is 31.7 Å². The average molecular weight is 724 g/mol. The standard InChI is InChI=1S/C27H42Cl4N4O6S2/c1-3-32-22-14-18(28)20(30)16-24(22)34(10-6-12-42(36,37)38)26(32)8-5-9-27-33(4-2)23-15-19(29)21(31)17-25(23)35(27)11-7-13-43(39,40)41/h5,8-9,18-25H,3-4,6-7,10-17H2,1-2H3,(H-,36,37,38,39,40,41)/p-1. The molecule has 0 spiro atoms. The molecule has 0 aromatic carbocycles. The van der Waals surface area contributed by atoms with Crippen molar-refractivity contribution in [3.8, 4) is 0 Å². The maximum Gasteiger partial charge on any atom is 0.272 e. The third-order valence-electron chi connectivity index (χ3n) is 9.08. The van der Waals surface area contributed by atoms with Crippen molar-refractivity contribution in [2.75, 3.05) is 37.7 Å². The van der Waals surface area contributed by atoms with Crippen molar-refractivity contribution < 1.29 is 30.5 Å². The minimum Gasteiger partial charge on any atom is -0.748 e. The average Bonchev–Trinajstić information content (AvgIpc) is 3.34. The van der Waals surface area contributed by atoms with E-state index in [-0.39, 0.29) is 58.5 Å². The Morgan fingerprint density at radius 1 is 0.767 bits per heavy atom. The zero-order chi connectivity index (χ0) is 31.7. The number of halogens is 4. The summed E-state index contributed by atoms with van der Waals surface area (Å²) in [6.45, 7) is 6.31. The first-order chi connectivity index (χ1) is 20.1. The topological polar surface area (TPSA) is 127 Å². The van der Waals surface area contributed by atoms with E-state index in [0.717, 1.165) is 11.7 Å². The number of alkyl halides is 4. The van der Waals surface area contributed by atoms with E-state index in [1.54, 1.807) is 0 Å². The summed E-state index contributed by atoms with van der Waals surface area (Å²) in [7, 11) is -8.68. The normalized spacial score (nSPS) is 34.5. The molecule has 2 aliphatic heterocycles. The molecule has 0 N–H and O–H groups in total. The molecular formula is C27H41Cl4N4O6S2-. The van der Waals surface area contributed by atoms with Gasteiger partial charge in [-0.15, -0.1) is 46.4 Å². The molecule has 2 saturated carbocycles. The molecule has 4 aliphatic rings. The molecule has 0 radical (unpaired) electrons. The Kier molecular flexibility index (Phi) is 12.0. The molecular weight excluding hydrogens is 682 g/mol. The van der Waals surface area contributed by atoms with Gasteiger partial charge < -0.3 is 18.9 Å². The van der Waals surface area contributed by atoms with E-state index >= 15 is 0 Å². The predicted molar refractivity (Wildman–Crippen MR) is 169 cm³/mol. The van der Waals surface area contributed by atoms with Crippen LogP contribution in [-0.4, -0.2) is 134 Å². The Labute approximate surface area is 276 Å². The molecule has 1 saturated heterocycles. The van der Waals surface area contributed by atoms with Gasteiger partial charge in [0.1, 0.15) is 17.9 Å². The lowest BCUT2D eigenvalue weighted by Gasteiger charge is -2.37. The quantitative estimate of drug-likeness (QED) is 0.170. The number of hydrogen-bond acceptors (Lipinski definition) is 9. The Morgan fingerprint density at radius 3 is 1.84 bits per heavy atom. The lowest BCUT2D eigenvalue weighted by atomic mass is 9.89. The second-order valence-electron chi connectivity index (χ2n) is 11.7. The molecule has 43 heavy (non-hydrogen) atoms. The Bertz CT molecular complexity index is 1310. The fourth-order valence-electron chi connectivity index (χ4n) is 7.27. The molecule has 246 valence electrons. The van der Waals surface area contributed by atoms with Crippen molar-refractivity contribution in [2.24, 2.45) is 0 Å². The van der Waals surface area contributed by atoms with Crippen molar-refractivity contribution in [2.45, 2.75) is 98.0 Å². The number of hydrogen-bond donors (Lipinski definition) is 0. The summed E-state index contributed by atoms with van der Waals surface area (Å²) in [4.78, 5) is 6.69. The van der Waals surface area contributed by atoms with E-state index in [2.05, 4.69) is 33.1 Å². The molecule has 16 heteroatoms. The summed E-state index contributed by atoms with van der Waals surface area (Å²) in [6.07, 6.45) is 9.00. The van der Waals surface area contributed by atoms with E-state index in [1.807, 2.05) is 18.2 Å². The highest BCUT2D eigenvalue weighted by Crippen LogP contribution is 2.42. The summed E-state index contributed by atoms with van der Waals surface area (Å²) >= 11 is 26.3. The molecule has 10 nitrogen and oxygen atoms in total. The molecule has 0 amide bonds. The van der Waals surface area contributed by atoms with Gasteiger partial charge in [0.2, 0.25) is 0 Å². The van der Waals surface area contributed by atoms with Gasteiger partial charge in [0.15, 0.2) is 0 Å². The van der Waals surface area contributed by atoms with Gasteiger partial charge in [-0.25, -0.2) is 16.8 Å². The molecule has 8 unspecified atom stereocenters. The highest BCUT2D eigenvalue weighted by molar-refractivity contribution is 7.85. The largest absolute Gasteiger partial charge is 0.748 e. The maximum absolute atomic E-state index is 11.3.